The predicted octanol–water partition coefficient (Wildman–Crippen LogP) is 3.87. The molecule has 1 aromatic rings. The van der Waals surface area contributed by atoms with Gasteiger partial charge in [0.05, 0.1) is 11.8 Å². The number of benzene rings is 1. The molecule has 5 nitrogen and oxygen atoms in total. The van der Waals surface area contributed by atoms with E-state index in [1.54, 1.807) is 0 Å². The number of hydrogen-bond acceptors (Lipinski definition) is 3. The van der Waals surface area contributed by atoms with Gasteiger partial charge in [0.1, 0.15) is 0 Å². The fourth-order valence-electron chi connectivity index (χ4n) is 4.81. The lowest BCUT2D eigenvalue weighted by atomic mass is 9.81. The first-order valence-electron chi connectivity index (χ1n) is 11.2. The molecule has 0 spiro atoms. The molecular weight excluding hydrogens is 364 g/mol. The number of amides is 3. The Balaban J connectivity index is 1.37. The van der Waals surface area contributed by atoms with Gasteiger partial charge in [0, 0.05) is 25.6 Å². The Kier molecular flexibility index (Phi) is 5.75. The molecule has 3 amide bonds. The average Bonchev–Trinajstić information content (AvgIpc) is 3.53. The molecule has 1 aliphatic heterocycles. The quantitative estimate of drug-likeness (QED) is 0.658. The van der Waals surface area contributed by atoms with Crippen LogP contribution in [0.15, 0.2) is 24.3 Å². The lowest BCUT2D eigenvalue weighted by Gasteiger charge is -2.24. The van der Waals surface area contributed by atoms with E-state index in [0.717, 1.165) is 44.1 Å². The van der Waals surface area contributed by atoms with Gasteiger partial charge in [0.25, 0.3) is 0 Å². The molecule has 4 rings (SSSR count). The third-order valence-corrected chi connectivity index (χ3v) is 6.79. The van der Waals surface area contributed by atoms with E-state index in [9.17, 15) is 14.4 Å². The summed E-state index contributed by atoms with van der Waals surface area (Å²) in [5.74, 6) is 0.181. The minimum atomic E-state index is -0.134. The van der Waals surface area contributed by atoms with Crippen LogP contribution < -0.4 is 0 Å². The summed E-state index contributed by atoms with van der Waals surface area (Å²) < 4.78 is 0. The molecule has 2 aliphatic carbocycles. The number of hydrogen-bond donors (Lipinski definition) is 0. The zero-order valence-electron chi connectivity index (χ0n) is 17.6. The van der Waals surface area contributed by atoms with E-state index in [2.05, 4.69) is 38.1 Å². The summed E-state index contributed by atoms with van der Waals surface area (Å²) in [6.45, 7) is 5.19. The van der Waals surface area contributed by atoms with Crippen molar-refractivity contribution >= 4 is 17.7 Å². The van der Waals surface area contributed by atoms with Crippen LogP contribution in [0.1, 0.15) is 75.8 Å². The number of likely N-dealkylation sites (tertiary alicyclic amines) is 1. The third-order valence-electron chi connectivity index (χ3n) is 6.79. The molecule has 0 unspecified atom stereocenters. The molecule has 1 saturated heterocycles. The summed E-state index contributed by atoms with van der Waals surface area (Å²) in [6, 6.07) is 8.80. The SMILES string of the molecule is CC(C)c1ccc(CN(C(=O)CCN2C(=O)[C@H]3CCCC[C@@H]3C2=O)C2CC2)cc1. The van der Waals surface area contributed by atoms with E-state index < -0.39 is 0 Å². The van der Waals surface area contributed by atoms with Gasteiger partial charge in [0.2, 0.25) is 17.7 Å². The maximum Gasteiger partial charge on any atom is 0.233 e. The third kappa shape index (κ3) is 4.24. The van der Waals surface area contributed by atoms with E-state index in [1.165, 1.54) is 10.5 Å². The van der Waals surface area contributed by atoms with Gasteiger partial charge >= 0.3 is 0 Å². The van der Waals surface area contributed by atoms with E-state index in [1.807, 2.05) is 4.90 Å². The summed E-state index contributed by atoms with van der Waals surface area (Å²) in [6.07, 6.45) is 6.01. The summed E-state index contributed by atoms with van der Waals surface area (Å²) in [5, 5.41) is 0. The number of nitrogens with zero attached hydrogens (tertiary/aromatic N) is 2. The van der Waals surface area contributed by atoms with Crippen molar-refractivity contribution in [3.8, 4) is 0 Å². The van der Waals surface area contributed by atoms with Crippen LogP contribution >= 0.6 is 0 Å². The topological polar surface area (TPSA) is 57.7 Å². The molecule has 0 bridgehead atoms. The van der Waals surface area contributed by atoms with Gasteiger partial charge in [-0.1, -0.05) is 51.0 Å². The van der Waals surface area contributed by atoms with Crippen LogP contribution in [0.4, 0.5) is 0 Å². The van der Waals surface area contributed by atoms with Crippen molar-refractivity contribution < 1.29 is 14.4 Å². The molecule has 29 heavy (non-hydrogen) atoms. The second-order valence-electron chi connectivity index (χ2n) is 9.22. The van der Waals surface area contributed by atoms with Crippen LogP contribution in [-0.2, 0) is 20.9 Å². The summed E-state index contributed by atoms with van der Waals surface area (Å²) in [7, 11) is 0. The lowest BCUT2D eigenvalue weighted by molar-refractivity contribution is -0.141. The molecule has 0 radical (unpaired) electrons. The van der Waals surface area contributed by atoms with Gasteiger partial charge < -0.3 is 4.90 Å². The standard InChI is InChI=1S/C24H32N2O3/c1-16(2)18-9-7-17(8-10-18)15-26(19-11-12-19)22(27)13-14-25-23(28)20-5-3-4-6-21(20)24(25)29/h7-10,16,19-21H,3-6,11-15H2,1-2H3/t20-,21-/m0/s1. The highest BCUT2D eigenvalue weighted by atomic mass is 16.2. The van der Waals surface area contributed by atoms with Gasteiger partial charge in [-0.15, -0.1) is 0 Å². The van der Waals surface area contributed by atoms with Crippen molar-refractivity contribution in [2.75, 3.05) is 6.54 Å². The molecule has 5 heteroatoms. The molecule has 0 N–H and O–H groups in total. The molecule has 3 aliphatic rings. The van der Waals surface area contributed by atoms with Crippen LogP contribution in [0, 0.1) is 11.8 Å². The van der Waals surface area contributed by atoms with Crippen LogP contribution in [0.25, 0.3) is 0 Å². The van der Waals surface area contributed by atoms with Crippen LogP contribution in [0.3, 0.4) is 0 Å². The molecule has 1 heterocycles. The lowest BCUT2D eigenvalue weighted by Crippen LogP contribution is -2.38. The van der Waals surface area contributed by atoms with Crippen LogP contribution in [-0.4, -0.2) is 40.1 Å². The second kappa shape index (κ2) is 8.29. The first kappa shape index (κ1) is 20.1. The zero-order chi connectivity index (χ0) is 20.5. The smallest absolute Gasteiger partial charge is 0.233 e. The second-order valence-corrected chi connectivity index (χ2v) is 9.22. The molecule has 2 saturated carbocycles. The fourth-order valence-corrected chi connectivity index (χ4v) is 4.81. The van der Waals surface area contributed by atoms with Crippen molar-refractivity contribution in [2.24, 2.45) is 11.8 Å². The highest BCUT2D eigenvalue weighted by molar-refractivity contribution is 6.05. The fraction of sp³-hybridized carbons (Fsp3) is 0.625. The first-order chi connectivity index (χ1) is 14.0. The minimum Gasteiger partial charge on any atom is -0.335 e. The Morgan fingerprint density at radius 1 is 1.00 bits per heavy atom. The molecule has 2 atom stereocenters. The van der Waals surface area contributed by atoms with E-state index in [-0.39, 0.29) is 42.5 Å². The van der Waals surface area contributed by atoms with Crippen molar-refractivity contribution in [2.45, 2.75) is 77.3 Å². The van der Waals surface area contributed by atoms with Crippen molar-refractivity contribution in [1.82, 2.24) is 9.80 Å². The summed E-state index contributed by atoms with van der Waals surface area (Å²) >= 11 is 0. The predicted molar refractivity (Wildman–Crippen MR) is 111 cm³/mol. The van der Waals surface area contributed by atoms with Crippen LogP contribution in [0.2, 0.25) is 0 Å². The highest BCUT2D eigenvalue weighted by Crippen LogP contribution is 2.38. The molecule has 1 aromatic carbocycles. The summed E-state index contributed by atoms with van der Waals surface area (Å²) in [4.78, 5) is 41.6. The Morgan fingerprint density at radius 2 is 1.59 bits per heavy atom. The number of carbonyl (C=O) groups is 3. The molecule has 3 fully saturated rings. The molecular formula is C24H32N2O3. The van der Waals surface area contributed by atoms with Crippen LogP contribution in [0.5, 0.6) is 0 Å². The Labute approximate surface area is 173 Å². The largest absolute Gasteiger partial charge is 0.335 e. The Bertz CT molecular complexity index is 758. The molecule has 156 valence electrons. The number of rotatable bonds is 7. The maximum atomic E-state index is 13.0. The zero-order valence-corrected chi connectivity index (χ0v) is 17.6. The minimum absolute atomic E-state index is 0.0465. The van der Waals surface area contributed by atoms with E-state index in [4.69, 9.17) is 0 Å². The summed E-state index contributed by atoms with van der Waals surface area (Å²) in [5.41, 5.74) is 2.43. The average molecular weight is 397 g/mol. The van der Waals surface area contributed by atoms with E-state index >= 15 is 0 Å². The van der Waals surface area contributed by atoms with Gasteiger partial charge in [-0.05, 0) is 42.7 Å². The highest BCUT2D eigenvalue weighted by Gasteiger charge is 2.48. The Morgan fingerprint density at radius 3 is 2.10 bits per heavy atom. The number of imide groups is 1. The van der Waals surface area contributed by atoms with E-state index in [0.29, 0.717) is 18.5 Å². The van der Waals surface area contributed by atoms with Crippen molar-refractivity contribution in [1.29, 1.82) is 0 Å². The van der Waals surface area contributed by atoms with Gasteiger partial charge in [0.15, 0.2) is 0 Å². The monoisotopic (exact) mass is 396 g/mol. The van der Waals surface area contributed by atoms with Crippen molar-refractivity contribution in [3.05, 3.63) is 35.4 Å². The van der Waals surface area contributed by atoms with Crippen molar-refractivity contribution in [3.63, 3.8) is 0 Å². The normalized spacial score (nSPS) is 24.2. The van der Waals surface area contributed by atoms with Gasteiger partial charge in [-0.2, -0.15) is 0 Å². The van der Waals surface area contributed by atoms with Gasteiger partial charge in [-0.3, -0.25) is 19.3 Å². The number of fused-ring (bicyclic) bond motifs is 1. The molecule has 0 aromatic heterocycles. The van der Waals surface area contributed by atoms with Gasteiger partial charge in [-0.25, -0.2) is 0 Å². The Hall–Kier alpha value is -2.17. The maximum absolute atomic E-state index is 13.0. The number of carbonyl (C=O) groups excluding carboxylic acids is 3. The first-order valence-corrected chi connectivity index (χ1v) is 11.2.